The van der Waals surface area contributed by atoms with E-state index in [2.05, 4.69) is 76.8 Å². The highest BCUT2D eigenvalue weighted by Crippen LogP contribution is 2.33. The van der Waals surface area contributed by atoms with Gasteiger partial charge in [-0.1, -0.05) is 69.0 Å². The summed E-state index contributed by atoms with van der Waals surface area (Å²) in [7, 11) is 0. The number of aromatic nitrogens is 4. The smallest absolute Gasteiger partial charge is 0.359 e. The van der Waals surface area contributed by atoms with Crippen molar-refractivity contribution >= 4 is 40.7 Å². The van der Waals surface area contributed by atoms with E-state index in [4.69, 9.17) is 0 Å². The summed E-state index contributed by atoms with van der Waals surface area (Å²) in [5.41, 5.74) is 6.23. The molecule has 3 fully saturated rings. The van der Waals surface area contributed by atoms with E-state index in [1.165, 1.54) is 10.5 Å². The van der Waals surface area contributed by atoms with E-state index >= 15 is 0 Å². The number of amides is 3. The number of ketones is 1. The first kappa shape index (κ1) is 48.5. The Morgan fingerprint density at radius 1 is 0.926 bits per heavy atom. The molecule has 2 aromatic carbocycles. The number of fused-ring (bicyclic) bond motifs is 1. The first-order valence-electron chi connectivity index (χ1n) is 23.6. The molecule has 360 valence electrons. The predicted octanol–water partition coefficient (Wildman–Crippen LogP) is 6.58. The number of carbonyl (C=O) groups excluding carboxylic acids is 4. The molecule has 0 unspecified atom stereocenters. The van der Waals surface area contributed by atoms with Gasteiger partial charge >= 0.3 is 6.18 Å². The van der Waals surface area contributed by atoms with Crippen molar-refractivity contribution in [3.63, 3.8) is 0 Å². The number of rotatable bonds is 11. The summed E-state index contributed by atoms with van der Waals surface area (Å²) in [6.45, 7) is 11.6. The van der Waals surface area contributed by atoms with E-state index in [0.29, 0.717) is 44.1 Å². The molecule has 2 aromatic heterocycles. The Kier molecular flexibility index (Phi) is 14.8. The number of nitrogens with zero attached hydrogens (tertiary/aromatic N) is 8. The molecule has 68 heavy (non-hydrogen) atoms. The lowest BCUT2D eigenvalue weighted by atomic mass is 9.85. The van der Waals surface area contributed by atoms with Crippen molar-refractivity contribution in [3.05, 3.63) is 88.1 Å². The van der Waals surface area contributed by atoms with Gasteiger partial charge in [0.2, 0.25) is 17.7 Å². The number of amidine groups is 1. The molecule has 2 N–H and O–H groups in total. The highest BCUT2D eigenvalue weighted by Gasteiger charge is 2.45. The normalized spacial score (nSPS) is 19.0. The fourth-order valence-corrected chi connectivity index (χ4v) is 10.3. The third kappa shape index (κ3) is 11.7. The molecule has 3 saturated heterocycles. The molecule has 4 aromatic rings. The fourth-order valence-electron chi connectivity index (χ4n) is 9.48. The van der Waals surface area contributed by atoms with E-state index < -0.39 is 41.3 Å². The zero-order chi connectivity index (χ0) is 48.2. The van der Waals surface area contributed by atoms with Crippen molar-refractivity contribution < 1.29 is 32.3 Å². The van der Waals surface area contributed by atoms with Gasteiger partial charge in [0.25, 0.3) is 5.82 Å². The number of likely N-dealkylation sites (tertiary alicyclic amines) is 3. The molecule has 4 aliphatic rings. The number of hydrogen-bond donors (Lipinski definition) is 2. The third-order valence-electron chi connectivity index (χ3n) is 13.5. The third-order valence-corrected chi connectivity index (χ3v) is 14.4. The van der Waals surface area contributed by atoms with Gasteiger partial charge in [0.15, 0.2) is 11.6 Å². The number of alkyl halides is 3. The molecule has 18 heteroatoms. The summed E-state index contributed by atoms with van der Waals surface area (Å²) in [5.74, 6) is 5.98. The lowest BCUT2D eigenvalue weighted by molar-refractivity contribution is -0.147. The maximum absolute atomic E-state index is 14.0. The van der Waals surface area contributed by atoms with Crippen LogP contribution in [0.1, 0.15) is 112 Å². The molecule has 6 heterocycles. The van der Waals surface area contributed by atoms with Crippen LogP contribution in [0.2, 0.25) is 0 Å². The molecule has 2 atom stereocenters. The van der Waals surface area contributed by atoms with Gasteiger partial charge in [-0.2, -0.15) is 22.9 Å². The van der Waals surface area contributed by atoms with Gasteiger partial charge in [-0.05, 0) is 98.8 Å². The molecule has 8 rings (SSSR count). The van der Waals surface area contributed by atoms with Gasteiger partial charge in [0.05, 0.1) is 22.6 Å². The van der Waals surface area contributed by atoms with E-state index in [9.17, 15) is 32.3 Å². The number of piperidine rings is 2. The maximum atomic E-state index is 14.0. The van der Waals surface area contributed by atoms with E-state index in [1.807, 2.05) is 57.5 Å². The summed E-state index contributed by atoms with van der Waals surface area (Å²) in [6.07, 6.45) is 0.718. The standard InChI is InChI=1S/C50H59F3N10O4S/c1-32-44(68-31-55-32)38-15-11-35(12-16-38)29-54-46(66)40-28-39(64)30-62(40)47(67)45(49(2,3)4)56-43(65)6-5-23-60-24-19-34(20-25-60)8-7-33-9-13-36(14-10-33)37-21-26-61(27-22-37)42-18-17-41-57-58-48(50(51,52)53)63(41)59-42/h9-16,31,34,37,40,45H,5-6,17-30H2,1-4H3,(H,54,66)(H,56,65)/t40-,45+/m0/s1. The van der Waals surface area contributed by atoms with Crippen LogP contribution in [0.5, 0.6) is 0 Å². The Hall–Kier alpha value is -5.93. The topological polar surface area (TPSA) is 158 Å². The Morgan fingerprint density at radius 2 is 1.65 bits per heavy atom. The highest BCUT2D eigenvalue weighted by molar-refractivity contribution is 7.13. The SMILES string of the molecule is Cc1ncsc1-c1ccc(CNC(=O)[C@@H]2CC(=O)CN2C(=O)[C@@H](NC(=O)CCCN2CCC(C#Cc3ccc(C4CCN(C5=Nn6c(nnc6C(F)(F)F)CC5)CC4)cc3)CC2)C(C)(C)C)cc1. The molecule has 14 nitrogen and oxygen atoms in total. The van der Waals surface area contributed by atoms with Gasteiger partial charge < -0.3 is 25.3 Å². The molecule has 0 radical (unpaired) electrons. The number of carbonyl (C=O) groups is 4. The lowest BCUT2D eigenvalue weighted by Crippen LogP contribution is -2.57. The van der Waals surface area contributed by atoms with Crippen molar-refractivity contribution in [1.82, 2.24) is 45.2 Å². The van der Waals surface area contributed by atoms with Gasteiger partial charge in [0.1, 0.15) is 17.9 Å². The van der Waals surface area contributed by atoms with E-state index in [-0.39, 0.29) is 49.4 Å². The summed E-state index contributed by atoms with van der Waals surface area (Å²) in [6, 6.07) is 14.4. The van der Waals surface area contributed by atoms with Crippen LogP contribution in [0.3, 0.4) is 0 Å². The van der Waals surface area contributed by atoms with Gasteiger partial charge in [-0.15, -0.1) is 21.5 Å². The second-order valence-corrected chi connectivity index (χ2v) is 20.3. The maximum Gasteiger partial charge on any atom is 0.453 e. The van der Waals surface area contributed by atoms with Crippen molar-refractivity contribution in [2.75, 3.05) is 39.3 Å². The van der Waals surface area contributed by atoms with Gasteiger partial charge in [0, 0.05) is 56.8 Å². The number of thiazole rings is 1. The largest absolute Gasteiger partial charge is 0.453 e. The van der Waals surface area contributed by atoms with Crippen LogP contribution in [-0.4, -0.2) is 115 Å². The summed E-state index contributed by atoms with van der Waals surface area (Å²) < 4.78 is 41.1. The van der Waals surface area contributed by atoms with E-state index in [0.717, 1.165) is 77.3 Å². The van der Waals surface area contributed by atoms with E-state index in [1.54, 1.807) is 11.3 Å². The van der Waals surface area contributed by atoms with Crippen LogP contribution in [-0.2, 0) is 38.3 Å². The van der Waals surface area contributed by atoms with Crippen LogP contribution in [0, 0.1) is 30.1 Å². The Morgan fingerprint density at radius 3 is 2.31 bits per heavy atom. The second-order valence-electron chi connectivity index (χ2n) is 19.4. The molecule has 0 saturated carbocycles. The minimum absolute atomic E-state index is 0.0694. The number of hydrogen-bond acceptors (Lipinski definition) is 11. The predicted molar refractivity (Wildman–Crippen MR) is 252 cm³/mol. The van der Waals surface area contributed by atoms with Crippen molar-refractivity contribution in [3.8, 4) is 22.3 Å². The number of halogens is 3. The number of aryl methyl sites for hydroxylation is 2. The van der Waals surface area contributed by atoms with Crippen LogP contribution in [0.15, 0.2) is 59.1 Å². The molecular weight excluding hydrogens is 894 g/mol. The average Bonchev–Trinajstić information content (AvgIpc) is 4.07. The fraction of sp³-hybridized carbons (Fsp3) is 0.520. The van der Waals surface area contributed by atoms with Gasteiger partial charge in [-0.25, -0.2) is 4.98 Å². The number of Topliss-reactive ketones (excluding diaryl/α,β-unsaturated/α-hetero) is 1. The van der Waals surface area contributed by atoms with Crippen LogP contribution in [0.25, 0.3) is 10.4 Å². The van der Waals surface area contributed by atoms with Crippen LogP contribution in [0.4, 0.5) is 13.2 Å². The van der Waals surface area contributed by atoms with Crippen molar-refractivity contribution in [2.24, 2.45) is 16.4 Å². The zero-order valence-electron chi connectivity index (χ0n) is 39.1. The first-order valence-corrected chi connectivity index (χ1v) is 24.4. The van der Waals surface area contributed by atoms with Gasteiger partial charge in [-0.3, -0.25) is 19.2 Å². The van der Waals surface area contributed by atoms with Crippen LogP contribution < -0.4 is 10.6 Å². The Labute approximate surface area is 399 Å². The first-order chi connectivity index (χ1) is 32.5. The molecule has 3 amide bonds. The monoisotopic (exact) mass is 952 g/mol. The second kappa shape index (κ2) is 20.7. The molecule has 0 aliphatic carbocycles. The highest BCUT2D eigenvalue weighted by atomic mass is 32.1. The van der Waals surface area contributed by atoms with Crippen molar-refractivity contribution in [2.45, 2.75) is 116 Å². The molecule has 0 bridgehead atoms. The average molecular weight is 953 g/mol. The molecule has 4 aliphatic heterocycles. The lowest BCUT2D eigenvalue weighted by Gasteiger charge is -2.35. The minimum atomic E-state index is -4.61. The Balaban J connectivity index is 0.748. The quantitative estimate of drug-likeness (QED) is 0.159. The molecule has 0 spiro atoms. The number of nitrogens with one attached hydrogen (secondary N) is 2. The van der Waals surface area contributed by atoms with Crippen molar-refractivity contribution in [1.29, 1.82) is 0 Å². The number of benzene rings is 2. The molecular formula is C50H59F3N10O4S. The van der Waals surface area contributed by atoms with Crippen LogP contribution >= 0.6 is 11.3 Å². The Bertz CT molecular complexity index is 2560. The summed E-state index contributed by atoms with van der Waals surface area (Å²) in [5, 5.41) is 17.2. The minimum Gasteiger partial charge on any atom is -0.359 e. The zero-order valence-corrected chi connectivity index (χ0v) is 39.9. The summed E-state index contributed by atoms with van der Waals surface area (Å²) >= 11 is 1.57. The summed E-state index contributed by atoms with van der Waals surface area (Å²) in [4.78, 5) is 64.7.